The van der Waals surface area contributed by atoms with Gasteiger partial charge in [-0.05, 0) is 13.2 Å². The highest BCUT2D eigenvalue weighted by atomic mass is 32.2. The van der Waals surface area contributed by atoms with Crippen LogP contribution in [0.4, 0.5) is 0 Å². The average Bonchev–Trinajstić information content (AvgIpc) is 2.36. The molecule has 0 aromatic rings. The number of hydrogen-bond donors (Lipinski definition) is 2. The van der Waals surface area contributed by atoms with Gasteiger partial charge >= 0.3 is 5.97 Å². The van der Waals surface area contributed by atoms with Gasteiger partial charge in [-0.2, -0.15) is 11.8 Å². The van der Waals surface area contributed by atoms with E-state index in [9.17, 15) is 14.7 Å². The van der Waals surface area contributed by atoms with Crippen molar-refractivity contribution in [3.8, 4) is 0 Å². The largest absolute Gasteiger partial charge is 0.479 e. The van der Waals surface area contributed by atoms with Gasteiger partial charge in [-0.1, -0.05) is 20.8 Å². The highest BCUT2D eigenvalue weighted by Crippen LogP contribution is 2.51. The highest BCUT2D eigenvalue weighted by molar-refractivity contribution is 7.98. The first-order chi connectivity index (χ1) is 9.22. The maximum Gasteiger partial charge on any atom is 0.330 e. The summed E-state index contributed by atoms with van der Waals surface area (Å²) in [6.45, 7) is 7.92. The molecule has 1 amide bonds. The number of carboxylic acids is 1. The molecule has 0 radical (unpaired) electrons. The normalized spacial score (nSPS) is 29.4. The van der Waals surface area contributed by atoms with Crippen LogP contribution in [-0.4, -0.2) is 47.2 Å². The Morgan fingerprint density at radius 2 is 2.10 bits per heavy atom. The SMILES string of the molecule is CCOC1CC(NC(=O)C(C)CSC)(C(=O)O)C1(C)C. The first-order valence-electron chi connectivity index (χ1n) is 6.89. The summed E-state index contributed by atoms with van der Waals surface area (Å²) in [6, 6.07) is 0. The molecule has 1 aliphatic rings. The summed E-state index contributed by atoms with van der Waals surface area (Å²) in [5.41, 5.74) is -1.85. The van der Waals surface area contributed by atoms with E-state index in [1.165, 1.54) is 0 Å². The number of carbonyl (C=O) groups excluding carboxylic acids is 1. The molecule has 0 bridgehead atoms. The lowest BCUT2D eigenvalue weighted by Crippen LogP contribution is -2.76. The van der Waals surface area contributed by atoms with Crippen LogP contribution in [0.3, 0.4) is 0 Å². The molecule has 3 atom stereocenters. The Bertz CT molecular complexity index is 385. The number of amides is 1. The number of aliphatic carboxylic acids is 1. The van der Waals surface area contributed by atoms with Gasteiger partial charge in [0, 0.05) is 30.1 Å². The second-order valence-electron chi connectivity index (χ2n) is 5.93. The lowest BCUT2D eigenvalue weighted by Gasteiger charge is -2.58. The molecule has 1 rings (SSSR count). The van der Waals surface area contributed by atoms with Crippen LogP contribution < -0.4 is 5.32 Å². The Morgan fingerprint density at radius 1 is 1.50 bits per heavy atom. The second-order valence-corrected chi connectivity index (χ2v) is 6.84. The molecule has 6 heteroatoms. The molecule has 5 nitrogen and oxygen atoms in total. The molecular weight excluding hydrogens is 278 g/mol. The van der Waals surface area contributed by atoms with Crippen LogP contribution in [0.25, 0.3) is 0 Å². The monoisotopic (exact) mass is 303 g/mol. The summed E-state index contributed by atoms with van der Waals surface area (Å²) in [5, 5.41) is 12.4. The molecule has 0 saturated heterocycles. The summed E-state index contributed by atoms with van der Waals surface area (Å²) in [5.74, 6) is -0.715. The summed E-state index contributed by atoms with van der Waals surface area (Å²) in [4.78, 5) is 23.9. The van der Waals surface area contributed by atoms with Gasteiger partial charge in [0.05, 0.1) is 6.10 Å². The molecule has 0 heterocycles. The highest BCUT2D eigenvalue weighted by Gasteiger charge is 2.66. The van der Waals surface area contributed by atoms with E-state index >= 15 is 0 Å². The molecular formula is C14H25NO4S. The standard InChI is InChI=1S/C14H25NO4S/c1-6-19-10-7-14(12(17)18,13(10,3)4)15-11(16)9(2)8-20-5/h9-10H,6-8H2,1-5H3,(H,15,16)(H,17,18). The molecule has 0 aliphatic heterocycles. The minimum atomic E-state index is -1.23. The van der Waals surface area contributed by atoms with Gasteiger partial charge in [-0.3, -0.25) is 4.79 Å². The van der Waals surface area contributed by atoms with E-state index in [1.807, 2.05) is 34.0 Å². The fourth-order valence-corrected chi connectivity index (χ4v) is 3.35. The zero-order valence-corrected chi connectivity index (χ0v) is 13.7. The van der Waals surface area contributed by atoms with Crippen molar-refractivity contribution in [2.45, 2.75) is 45.8 Å². The number of carbonyl (C=O) groups is 2. The van der Waals surface area contributed by atoms with Crippen LogP contribution >= 0.6 is 11.8 Å². The number of thioether (sulfide) groups is 1. The van der Waals surface area contributed by atoms with E-state index in [0.717, 1.165) is 0 Å². The van der Waals surface area contributed by atoms with Gasteiger partial charge in [0.2, 0.25) is 5.91 Å². The van der Waals surface area contributed by atoms with E-state index < -0.39 is 16.9 Å². The molecule has 3 unspecified atom stereocenters. The van der Waals surface area contributed by atoms with Gasteiger partial charge in [-0.25, -0.2) is 4.79 Å². The van der Waals surface area contributed by atoms with Crippen LogP contribution in [0, 0.1) is 11.3 Å². The Labute approximate surface area is 124 Å². The fourth-order valence-electron chi connectivity index (χ4n) is 2.70. The molecule has 20 heavy (non-hydrogen) atoms. The minimum absolute atomic E-state index is 0.139. The number of carboxylic acid groups (broad SMARTS) is 1. The van der Waals surface area contributed by atoms with Crippen LogP contribution in [0.5, 0.6) is 0 Å². The third-order valence-corrected chi connectivity index (χ3v) is 5.16. The van der Waals surface area contributed by atoms with Crippen molar-refractivity contribution in [3.63, 3.8) is 0 Å². The van der Waals surface area contributed by atoms with Crippen LogP contribution in [0.1, 0.15) is 34.1 Å². The Kier molecular flexibility index (Phi) is 5.49. The predicted octanol–water partition coefficient (Wildman–Crippen LogP) is 1.76. The lowest BCUT2D eigenvalue weighted by molar-refractivity contribution is -0.195. The number of rotatable bonds is 7. The maximum absolute atomic E-state index is 12.2. The van der Waals surface area contributed by atoms with Crippen LogP contribution in [0.15, 0.2) is 0 Å². The van der Waals surface area contributed by atoms with Gasteiger partial charge in [0.15, 0.2) is 0 Å². The third-order valence-electron chi connectivity index (χ3n) is 4.33. The van der Waals surface area contributed by atoms with Crippen molar-refractivity contribution >= 4 is 23.6 Å². The topological polar surface area (TPSA) is 75.6 Å². The predicted molar refractivity (Wildman–Crippen MR) is 79.9 cm³/mol. The van der Waals surface area contributed by atoms with Gasteiger partial charge in [-0.15, -0.1) is 0 Å². The summed E-state index contributed by atoms with van der Waals surface area (Å²) in [7, 11) is 0. The van der Waals surface area contributed by atoms with Crippen LogP contribution in [-0.2, 0) is 14.3 Å². The van der Waals surface area contributed by atoms with Crippen molar-refractivity contribution in [2.75, 3.05) is 18.6 Å². The van der Waals surface area contributed by atoms with Crippen molar-refractivity contribution in [1.29, 1.82) is 0 Å². The van der Waals surface area contributed by atoms with Crippen molar-refractivity contribution in [1.82, 2.24) is 5.32 Å². The average molecular weight is 303 g/mol. The van der Waals surface area contributed by atoms with E-state index in [2.05, 4.69) is 5.32 Å². The van der Waals surface area contributed by atoms with Crippen molar-refractivity contribution in [2.24, 2.45) is 11.3 Å². The smallest absolute Gasteiger partial charge is 0.330 e. The quantitative estimate of drug-likeness (QED) is 0.749. The zero-order chi connectivity index (χ0) is 15.6. The molecule has 2 N–H and O–H groups in total. The first kappa shape index (κ1) is 17.3. The van der Waals surface area contributed by atoms with Gasteiger partial charge < -0.3 is 15.2 Å². The van der Waals surface area contributed by atoms with E-state index in [1.54, 1.807) is 11.8 Å². The molecule has 1 fully saturated rings. The number of nitrogens with one attached hydrogen (secondary N) is 1. The summed E-state index contributed by atoms with van der Waals surface area (Å²) < 4.78 is 5.57. The van der Waals surface area contributed by atoms with Crippen molar-refractivity contribution < 1.29 is 19.4 Å². The number of ether oxygens (including phenoxy) is 1. The van der Waals surface area contributed by atoms with E-state index in [-0.39, 0.29) is 17.9 Å². The Morgan fingerprint density at radius 3 is 2.50 bits per heavy atom. The fraction of sp³-hybridized carbons (Fsp3) is 0.857. The van der Waals surface area contributed by atoms with Gasteiger partial charge in [0.25, 0.3) is 0 Å². The zero-order valence-electron chi connectivity index (χ0n) is 12.9. The molecule has 116 valence electrons. The second kappa shape index (κ2) is 6.35. The maximum atomic E-state index is 12.2. The molecule has 0 aromatic heterocycles. The van der Waals surface area contributed by atoms with E-state index in [0.29, 0.717) is 18.8 Å². The van der Waals surface area contributed by atoms with Gasteiger partial charge in [0.1, 0.15) is 5.54 Å². The summed E-state index contributed by atoms with van der Waals surface area (Å²) >= 11 is 1.57. The van der Waals surface area contributed by atoms with E-state index in [4.69, 9.17) is 4.74 Å². The van der Waals surface area contributed by atoms with Crippen molar-refractivity contribution in [3.05, 3.63) is 0 Å². The molecule has 0 spiro atoms. The molecule has 1 saturated carbocycles. The first-order valence-corrected chi connectivity index (χ1v) is 8.28. The van der Waals surface area contributed by atoms with Crippen LogP contribution in [0.2, 0.25) is 0 Å². The number of hydrogen-bond acceptors (Lipinski definition) is 4. The lowest BCUT2D eigenvalue weighted by atomic mass is 9.54. The Hall–Kier alpha value is -0.750. The summed E-state index contributed by atoms with van der Waals surface area (Å²) in [6.07, 6.45) is 2.11. The Balaban J connectivity index is 2.86. The minimum Gasteiger partial charge on any atom is -0.479 e. The third kappa shape index (κ3) is 2.81. The molecule has 1 aliphatic carbocycles. The molecule has 0 aromatic carbocycles.